The minimum Gasteiger partial charge on any atom is -0.372 e. The van der Waals surface area contributed by atoms with Gasteiger partial charge in [0.2, 0.25) is 0 Å². The van der Waals surface area contributed by atoms with E-state index >= 15 is 0 Å². The molecule has 1 aliphatic carbocycles. The normalized spacial score (nSPS) is 25.6. The molecule has 4 nitrogen and oxygen atoms in total. The van der Waals surface area contributed by atoms with Crippen LogP contribution in [-0.4, -0.2) is 21.9 Å². The van der Waals surface area contributed by atoms with Crippen LogP contribution in [0.3, 0.4) is 0 Å². The monoisotopic (exact) mass is 209 g/mol. The number of nitrogens with zero attached hydrogens (tertiary/aromatic N) is 2. The van der Waals surface area contributed by atoms with Crippen molar-refractivity contribution in [2.75, 3.05) is 0 Å². The topological polar surface area (TPSA) is 53.1 Å². The van der Waals surface area contributed by atoms with Crippen molar-refractivity contribution in [3.63, 3.8) is 0 Å². The van der Waals surface area contributed by atoms with Gasteiger partial charge in [0, 0.05) is 18.3 Å². The van der Waals surface area contributed by atoms with Crippen LogP contribution in [0.25, 0.3) is 0 Å². The molecular formula is C11H19N3O. The van der Waals surface area contributed by atoms with Crippen LogP contribution >= 0.6 is 0 Å². The fraction of sp³-hybridized carbons (Fsp3) is 0.727. The maximum absolute atomic E-state index is 5.68. The lowest BCUT2D eigenvalue weighted by Gasteiger charge is -2.31. The van der Waals surface area contributed by atoms with E-state index in [1.807, 2.05) is 16.9 Å². The second-order valence-corrected chi connectivity index (χ2v) is 4.55. The molecule has 0 aliphatic heterocycles. The van der Waals surface area contributed by atoms with E-state index in [0.29, 0.717) is 24.8 Å². The highest BCUT2D eigenvalue weighted by molar-refractivity contribution is 4.98. The number of hydrogen-bond acceptors (Lipinski definition) is 3. The number of aromatic nitrogens is 2. The Morgan fingerprint density at radius 1 is 1.60 bits per heavy atom. The second-order valence-electron chi connectivity index (χ2n) is 4.55. The molecule has 15 heavy (non-hydrogen) atoms. The first-order valence-corrected chi connectivity index (χ1v) is 5.56. The SMILES string of the molecule is CC(C)n1ccc(COC2CC(N)C2)n1. The quantitative estimate of drug-likeness (QED) is 0.817. The number of ether oxygens (including phenoxy) is 1. The summed E-state index contributed by atoms with van der Waals surface area (Å²) in [7, 11) is 0. The Labute approximate surface area is 90.4 Å². The van der Waals surface area contributed by atoms with Crippen molar-refractivity contribution in [1.82, 2.24) is 9.78 Å². The molecule has 0 atom stereocenters. The third-order valence-corrected chi connectivity index (χ3v) is 2.79. The van der Waals surface area contributed by atoms with Gasteiger partial charge >= 0.3 is 0 Å². The summed E-state index contributed by atoms with van der Waals surface area (Å²) >= 11 is 0. The fourth-order valence-corrected chi connectivity index (χ4v) is 1.69. The standard InChI is InChI=1S/C11H19N3O/c1-8(2)14-4-3-10(13-14)7-15-11-5-9(12)6-11/h3-4,8-9,11H,5-7,12H2,1-2H3. The van der Waals surface area contributed by atoms with E-state index in [-0.39, 0.29) is 0 Å². The smallest absolute Gasteiger partial charge is 0.0910 e. The average molecular weight is 209 g/mol. The van der Waals surface area contributed by atoms with Gasteiger partial charge in [-0.3, -0.25) is 4.68 Å². The Bertz CT molecular complexity index is 315. The van der Waals surface area contributed by atoms with Gasteiger partial charge in [0.05, 0.1) is 18.4 Å². The van der Waals surface area contributed by atoms with Crippen LogP contribution in [0.2, 0.25) is 0 Å². The summed E-state index contributed by atoms with van der Waals surface area (Å²) in [6, 6.07) is 2.78. The maximum atomic E-state index is 5.68. The van der Waals surface area contributed by atoms with Gasteiger partial charge in [-0.2, -0.15) is 5.10 Å². The van der Waals surface area contributed by atoms with Crippen molar-refractivity contribution >= 4 is 0 Å². The van der Waals surface area contributed by atoms with E-state index < -0.39 is 0 Å². The van der Waals surface area contributed by atoms with Crippen LogP contribution in [0.15, 0.2) is 12.3 Å². The highest BCUT2D eigenvalue weighted by Crippen LogP contribution is 2.22. The molecule has 1 aromatic rings. The zero-order valence-electron chi connectivity index (χ0n) is 9.39. The predicted molar refractivity (Wildman–Crippen MR) is 58.4 cm³/mol. The Balaban J connectivity index is 1.78. The van der Waals surface area contributed by atoms with Crippen LogP contribution < -0.4 is 5.73 Å². The van der Waals surface area contributed by atoms with Gasteiger partial charge < -0.3 is 10.5 Å². The lowest BCUT2D eigenvalue weighted by atomic mass is 9.90. The van der Waals surface area contributed by atoms with Crippen LogP contribution in [0.4, 0.5) is 0 Å². The van der Waals surface area contributed by atoms with Gasteiger partial charge in [0.25, 0.3) is 0 Å². The Morgan fingerprint density at radius 3 is 2.87 bits per heavy atom. The first-order chi connectivity index (χ1) is 7.15. The molecule has 1 fully saturated rings. The van der Waals surface area contributed by atoms with Gasteiger partial charge in [-0.25, -0.2) is 0 Å². The second kappa shape index (κ2) is 4.33. The van der Waals surface area contributed by atoms with E-state index in [0.717, 1.165) is 18.5 Å². The minimum absolute atomic E-state index is 0.350. The third kappa shape index (κ3) is 2.58. The molecule has 2 N–H and O–H groups in total. The van der Waals surface area contributed by atoms with Crippen LogP contribution in [-0.2, 0) is 11.3 Å². The Hall–Kier alpha value is -0.870. The van der Waals surface area contributed by atoms with Crippen LogP contribution in [0.5, 0.6) is 0 Å². The van der Waals surface area contributed by atoms with Crippen molar-refractivity contribution in [2.24, 2.45) is 5.73 Å². The molecule has 0 unspecified atom stereocenters. The van der Waals surface area contributed by atoms with E-state index in [1.54, 1.807) is 0 Å². The first kappa shape index (κ1) is 10.6. The van der Waals surface area contributed by atoms with Crippen molar-refractivity contribution in [2.45, 2.75) is 51.5 Å². The molecule has 2 rings (SSSR count). The molecular weight excluding hydrogens is 190 g/mol. The first-order valence-electron chi connectivity index (χ1n) is 5.56. The Morgan fingerprint density at radius 2 is 2.33 bits per heavy atom. The van der Waals surface area contributed by atoms with Crippen molar-refractivity contribution < 1.29 is 4.74 Å². The zero-order valence-corrected chi connectivity index (χ0v) is 9.39. The largest absolute Gasteiger partial charge is 0.372 e. The molecule has 0 saturated heterocycles. The number of rotatable bonds is 4. The molecule has 0 spiro atoms. The molecule has 1 aromatic heterocycles. The number of nitrogens with two attached hydrogens (primary N) is 1. The van der Waals surface area contributed by atoms with Crippen molar-refractivity contribution in [3.05, 3.63) is 18.0 Å². The van der Waals surface area contributed by atoms with Crippen molar-refractivity contribution in [1.29, 1.82) is 0 Å². The van der Waals surface area contributed by atoms with E-state index in [2.05, 4.69) is 18.9 Å². The van der Waals surface area contributed by atoms with Crippen LogP contribution in [0, 0.1) is 0 Å². The molecule has 84 valence electrons. The summed E-state index contributed by atoms with van der Waals surface area (Å²) in [4.78, 5) is 0. The molecule has 1 saturated carbocycles. The third-order valence-electron chi connectivity index (χ3n) is 2.79. The Kier molecular flexibility index (Phi) is 3.07. The van der Waals surface area contributed by atoms with E-state index in [4.69, 9.17) is 10.5 Å². The minimum atomic E-state index is 0.350. The van der Waals surface area contributed by atoms with Crippen LogP contribution in [0.1, 0.15) is 38.4 Å². The molecule has 0 aromatic carbocycles. The summed E-state index contributed by atoms with van der Waals surface area (Å²) in [5.41, 5.74) is 6.69. The summed E-state index contributed by atoms with van der Waals surface area (Å²) < 4.78 is 7.62. The molecule has 1 aliphatic rings. The lowest BCUT2D eigenvalue weighted by Crippen LogP contribution is -2.41. The summed E-state index contributed by atoms with van der Waals surface area (Å²) in [6.07, 6.45) is 4.33. The summed E-state index contributed by atoms with van der Waals surface area (Å²) in [5, 5.41) is 4.42. The summed E-state index contributed by atoms with van der Waals surface area (Å²) in [6.45, 7) is 4.84. The van der Waals surface area contributed by atoms with Gasteiger partial charge in [0.15, 0.2) is 0 Å². The van der Waals surface area contributed by atoms with Crippen molar-refractivity contribution in [3.8, 4) is 0 Å². The van der Waals surface area contributed by atoms with Gasteiger partial charge in [-0.05, 0) is 32.8 Å². The number of hydrogen-bond donors (Lipinski definition) is 1. The predicted octanol–water partition coefficient (Wildman–Crippen LogP) is 1.47. The zero-order chi connectivity index (χ0) is 10.8. The van der Waals surface area contributed by atoms with Gasteiger partial charge in [-0.15, -0.1) is 0 Å². The highest BCUT2D eigenvalue weighted by atomic mass is 16.5. The lowest BCUT2D eigenvalue weighted by molar-refractivity contribution is -0.0203. The van der Waals surface area contributed by atoms with Gasteiger partial charge in [0.1, 0.15) is 0 Å². The van der Waals surface area contributed by atoms with E-state index in [9.17, 15) is 0 Å². The average Bonchev–Trinajstić information content (AvgIpc) is 2.59. The highest BCUT2D eigenvalue weighted by Gasteiger charge is 2.26. The molecule has 0 radical (unpaired) electrons. The molecule has 1 heterocycles. The molecule has 4 heteroatoms. The van der Waals surface area contributed by atoms with Gasteiger partial charge in [-0.1, -0.05) is 0 Å². The molecule has 0 amide bonds. The fourth-order valence-electron chi connectivity index (χ4n) is 1.69. The maximum Gasteiger partial charge on any atom is 0.0910 e. The van der Waals surface area contributed by atoms with E-state index in [1.165, 1.54) is 0 Å². The summed E-state index contributed by atoms with van der Waals surface area (Å²) in [5.74, 6) is 0. The molecule has 0 bridgehead atoms.